The van der Waals surface area contributed by atoms with Gasteiger partial charge in [0.05, 0.1) is 17.1 Å². The van der Waals surface area contributed by atoms with Crippen LogP contribution in [-0.4, -0.2) is 53.2 Å². The molecule has 0 atom stereocenters. The Labute approximate surface area is 206 Å². The minimum Gasteiger partial charge on any atom is -0.489 e. The normalized spacial score (nSPS) is 13.9. The fourth-order valence-electron chi connectivity index (χ4n) is 3.52. The van der Waals surface area contributed by atoms with E-state index in [2.05, 4.69) is 15.5 Å². The molecular weight excluding hydrogens is 496 g/mol. The van der Waals surface area contributed by atoms with E-state index >= 15 is 0 Å². The molecule has 0 aliphatic heterocycles. The van der Waals surface area contributed by atoms with E-state index < -0.39 is 15.8 Å². The number of hydrogen-bond acceptors (Lipinski definition) is 9. The summed E-state index contributed by atoms with van der Waals surface area (Å²) in [6.07, 6.45) is 3.71. The maximum absolute atomic E-state index is 12.7. The lowest BCUT2D eigenvalue weighted by atomic mass is 10.1. The minimum atomic E-state index is -3.73. The Kier molecular flexibility index (Phi) is 7.27. The number of halogens is 1. The highest BCUT2D eigenvalue weighted by Crippen LogP contribution is 2.36. The summed E-state index contributed by atoms with van der Waals surface area (Å²) < 4.78 is 37.2. The number of esters is 1. The zero-order chi connectivity index (χ0) is 25.0. The number of allylic oxidation sites excluding steroid dienone is 2. The Morgan fingerprint density at radius 2 is 1.91 bits per heavy atom. The third-order valence-electron chi connectivity index (χ3n) is 5.19. The molecule has 10 nitrogen and oxygen atoms in total. The molecule has 2 aromatic carbocycles. The Bertz CT molecular complexity index is 1400. The van der Waals surface area contributed by atoms with Crippen molar-refractivity contribution in [2.24, 2.45) is 0 Å². The van der Waals surface area contributed by atoms with Crippen LogP contribution in [0.25, 0.3) is 11.4 Å². The van der Waals surface area contributed by atoms with E-state index in [1.165, 1.54) is 22.9 Å². The topological polar surface area (TPSA) is 130 Å². The van der Waals surface area contributed by atoms with Crippen LogP contribution in [0.4, 0.5) is 0 Å². The fourth-order valence-corrected chi connectivity index (χ4v) is 4.69. The highest BCUT2D eigenvalue weighted by atomic mass is 35.5. The van der Waals surface area contributed by atoms with Crippen molar-refractivity contribution in [3.63, 3.8) is 0 Å². The van der Waals surface area contributed by atoms with Crippen LogP contribution in [0.2, 0.25) is 5.02 Å². The number of benzene rings is 2. The average Bonchev–Trinajstić information content (AvgIpc) is 3.28. The van der Waals surface area contributed by atoms with E-state index in [1.807, 2.05) is 30.3 Å². The van der Waals surface area contributed by atoms with Crippen molar-refractivity contribution in [1.29, 1.82) is 0 Å². The molecule has 0 unspecified atom stereocenters. The molecule has 0 fully saturated rings. The number of ketones is 1. The third-order valence-corrected chi connectivity index (χ3v) is 6.68. The van der Waals surface area contributed by atoms with Gasteiger partial charge in [0, 0.05) is 30.7 Å². The maximum Gasteiger partial charge on any atom is 0.344 e. The molecule has 0 bridgehead atoms. The molecular formula is C23H21ClN4O6S. The summed E-state index contributed by atoms with van der Waals surface area (Å²) in [7, 11) is -3.73. The van der Waals surface area contributed by atoms with Gasteiger partial charge in [0.25, 0.3) is 0 Å². The van der Waals surface area contributed by atoms with Crippen LogP contribution >= 0.6 is 11.6 Å². The van der Waals surface area contributed by atoms with Crippen molar-refractivity contribution < 1.29 is 27.5 Å². The van der Waals surface area contributed by atoms with Gasteiger partial charge in [-0.25, -0.2) is 17.9 Å². The highest BCUT2D eigenvalue weighted by Gasteiger charge is 2.25. The SMILES string of the molecule is CS(=O)(=O)c1ccc(C(=O)OC2=CC(=O)CCC2)c(Cl)c1OCCn1nnnc1-c1ccccc1. The van der Waals surface area contributed by atoms with Crippen molar-refractivity contribution >= 4 is 33.2 Å². The molecule has 0 radical (unpaired) electrons. The number of carbonyl (C=O) groups excluding carboxylic acids is 2. The van der Waals surface area contributed by atoms with Crippen LogP contribution in [0.1, 0.15) is 29.6 Å². The predicted molar refractivity (Wildman–Crippen MR) is 126 cm³/mol. The average molecular weight is 517 g/mol. The van der Waals surface area contributed by atoms with Crippen LogP contribution in [0.15, 0.2) is 59.2 Å². The third kappa shape index (κ3) is 5.75. The Balaban J connectivity index is 1.56. The molecule has 182 valence electrons. The fraction of sp³-hybridized carbons (Fsp3) is 0.261. The lowest BCUT2D eigenvalue weighted by Crippen LogP contribution is -2.15. The molecule has 0 amide bonds. The number of nitrogens with zero attached hydrogens (tertiary/aromatic N) is 4. The summed E-state index contributed by atoms with van der Waals surface area (Å²) in [6, 6.07) is 11.8. The second-order valence-corrected chi connectivity index (χ2v) is 10.1. The molecule has 0 saturated carbocycles. The second-order valence-electron chi connectivity index (χ2n) is 7.79. The van der Waals surface area contributed by atoms with Crippen LogP contribution in [0.5, 0.6) is 5.75 Å². The van der Waals surface area contributed by atoms with E-state index in [0.29, 0.717) is 25.1 Å². The lowest BCUT2D eigenvalue weighted by Gasteiger charge is -2.16. The first-order chi connectivity index (χ1) is 16.7. The number of ether oxygens (including phenoxy) is 2. The molecule has 4 rings (SSSR count). The number of carbonyl (C=O) groups is 2. The summed E-state index contributed by atoms with van der Waals surface area (Å²) in [5.41, 5.74) is 0.716. The predicted octanol–water partition coefficient (Wildman–Crippen LogP) is 3.27. The number of tetrazole rings is 1. The van der Waals surface area contributed by atoms with Crippen LogP contribution in [0.3, 0.4) is 0 Å². The number of hydrogen-bond donors (Lipinski definition) is 0. The van der Waals surface area contributed by atoms with Crippen molar-refractivity contribution in [3.05, 3.63) is 64.9 Å². The zero-order valence-electron chi connectivity index (χ0n) is 18.7. The largest absolute Gasteiger partial charge is 0.489 e. The van der Waals surface area contributed by atoms with Gasteiger partial charge in [-0.05, 0) is 29.0 Å². The van der Waals surface area contributed by atoms with Gasteiger partial charge >= 0.3 is 5.97 Å². The number of sulfone groups is 1. The standard InChI is InChI=1S/C23H21ClN4O6S/c1-35(31,32)19-11-10-18(23(30)34-17-9-5-8-16(29)14-17)20(24)21(19)33-13-12-28-22(25-26-27-28)15-6-3-2-4-7-15/h2-4,6-7,10-11,14H,5,8-9,12-13H2,1H3. The van der Waals surface area contributed by atoms with Gasteiger partial charge in [0.15, 0.2) is 27.2 Å². The Morgan fingerprint density at radius 3 is 2.63 bits per heavy atom. The van der Waals surface area contributed by atoms with Crippen LogP contribution in [0, 0.1) is 0 Å². The molecule has 35 heavy (non-hydrogen) atoms. The van der Waals surface area contributed by atoms with Gasteiger partial charge in [-0.1, -0.05) is 41.9 Å². The van der Waals surface area contributed by atoms with Crippen LogP contribution < -0.4 is 4.74 Å². The first kappa shape index (κ1) is 24.6. The first-order valence-electron chi connectivity index (χ1n) is 10.7. The minimum absolute atomic E-state index is 0.0364. The van der Waals surface area contributed by atoms with E-state index in [4.69, 9.17) is 21.1 Å². The van der Waals surface area contributed by atoms with Crippen LogP contribution in [-0.2, 0) is 25.9 Å². The van der Waals surface area contributed by atoms with Crippen molar-refractivity contribution in [1.82, 2.24) is 20.2 Å². The maximum atomic E-state index is 12.7. The van der Waals surface area contributed by atoms with E-state index in [1.54, 1.807) is 0 Å². The van der Waals surface area contributed by atoms with Gasteiger partial charge in [0.2, 0.25) is 0 Å². The van der Waals surface area contributed by atoms with Gasteiger partial charge in [-0.15, -0.1) is 5.10 Å². The summed E-state index contributed by atoms with van der Waals surface area (Å²) in [4.78, 5) is 24.1. The second kappa shape index (κ2) is 10.4. The van der Waals surface area contributed by atoms with Gasteiger partial charge in [0.1, 0.15) is 17.3 Å². The molecule has 1 aliphatic rings. The molecule has 0 spiro atoms. The van der Waals surface area contributed by atoms with E-state index in [0.717, 1.165) is 11.8 Å². The molecule has 1 aromatic heterocycles. The smallest absolute Gasteiger partial charge is 0.344 e. The lowest BCUT2D eigenvalue weighted by molar-refractivity contribution is -0.115. The zero-order valence-corrected chi connectivity index (χ0v) is 20.3. The number of aromatic nitrogens is 4. The van der Waals surface area contributed by atoms with Crippen molar-refractivity contribution in [3.8, 4) is 17.1 Å². The number of rotatable bonds is 8. The van der Waals surface area contributed by atoms with E-state index in [-0.39, 0.29) is 45.9 Å². The summed E-state index contributed by atoms with van der Waals surface area (Å²) >= 11 is 6.43. The quantitative estimate of drug-likeness (QED) is 0.414. The first-order valence-corrected chi connectivity index (χ1v) is 12.9. The summed E-state index contributed by atoms with van der Waals surface area (Å²) in [5.74, 6) is -0.362. The summed E-state index contributed by atoms with van der Waals surface area (Å²) in [5, 5.41) is 11.5. The van der Waals surface area contributed by atoms with Gasteiger partial charge in [-0.3, -0.25) is 4.79 Å². The molecule has 1 heterocycles. The summed E-state index contributed by atoms with van der Waals surface area (Å²) in [6.45, 7) is 0.145. The van der Waals surface area contributed by atoms with E-state index in [9.17, 15) is 18.0 Å². The van der Waals surface area contributed by atoms with Gasteiger partial charge < -0.3 is 9.47 Å². The molecule has 3 aromatic rings. The van der Waals surface area contributed by atoms with Crippen molar-refractivity contribution in [2.75, 3.05) is 12.9 Å². The molecule has 1 aliphatic carbocycles. The molecule has 0 N–H and O–H groups in total. The van der Waals surface area contributed by atoms with Gasteiger partial charge in [-0.2, -0.15) is 0 Å². The Hall–Kier alpha value is -3.57. The Morgan fingerprint density at radius 1 is 1.14 bits per heavy atom. The molecule has 12 heteroatoms. The van der Waals surface area contributed by atoms with Crippen molar-refractivity contribution in [2.45, 2.75) is 30.7 Å². The molecule has 0 saturated heterocycles. The highest BCUT2D eigenvalue weighted by molar-refractivity contribution is 7.90. The monoisotopic (exact) mass is 516 g/mol.